The van der Waals surface area contributed by atoms with E-state index in [0.29, 0.717) is 21.2 Å². The van der Waals surface area contributed by atoms with Crippen molar-refractivity contribution in [2.24, 2.45) is 0 Å². The molecular weight excluding hydrogens is 294 g/mol. The van der Waals surface area contributed by atoms with E-state index in [4.69, 9.17) is 34.8 Å². The number of alkyl halides is 1. The zero-order valence-electron chi connectivity index (χ0n) is 9.55. The van der Waals surface area contributed by atoms with Crippen LogP contribution < -0.4 is 0 Å². The molecule has 0 fully saturated rings. The third-order valence-corrected chi connectivity index (χ3v) is 3.96. The summed E-state index contributed by atoms with van der Waals surface area (Å²) in [6, 6.07) is 10.2. The van der Waals surface area contributed by atoms with Gasteiger partial charge in [-0.05, 0) is 30.2 Å². The molecule has 0 aliphatic carbocycles. The Labute approximate surface area is 120 Å². The summed E-state index contributed by atoms with van der Waals surface area (Å²) in [6.45, 7) is 1.71. The molecule has 1 atom stereocenters. The van der Waals surface area contributed by atoms with E-state index in [-0.39, 0.29) is 5.82 Å². The van der Waals surface area contributed by atoms with Gasteiger partial charge in [0.05, 0.1) is 15.4 Å². The standard InChI is InChI=1S/C14H10Cl3F/c1-8-3-2-4-10(14(8)18)13(17)9-5-6-11(15)12(16)7-9/h2-7,13H,1H3. The van der Waals surface area contributed by atoms with E-state index in [9.17, 15) is 4.39 Å². The Kier molecular flexibility index (Phi) is 4.16. The molecule has 2 aromatic rings. The van der Waals surface area contributed by atoms with Crippen molar-refractivity contribution < 1.29 is 4.39 Å². The quantitative estimate of drug-likeness (QED) is 0.618. The van der Waals surface area contributed by atoms with Crippen LogP contribution in [-0.2, 0) is 0 Å². The van der Waals surface area contributed by atoms with E-state index >= 15 is 0 Å². The number of halogens is 4. The van der Waals surface area contributed by atoms with Crippen LogP contribution in [0.25, 0.3) is 0 Å². The van der Waals surface area contributed by atoms with Gasteiger partial charge in [-0.3, -0.25) is 0 Å². The molecule has 0 saturated heterocycles. The Morgan fingerprint density at radius 3 is 2.44 bits per heavy atom. The second-order valence-electron chi connectivity index (χ2n) is 4.01. The van der Waals surface area contributed by atoms with Gasteiger partial charge in [0.25, 0.3) is 0 Å². The SMILES string of the molecule is Cc1cccc(C(Cl)c2ccc(Cl)c(Cl)c2)c1F. The Morgan fingerprint density at radius 2 is 1.78 bits per heavy atom. The number of hydrogen-bond donors (Lipinski definition) is 0. The van der Waals surface area contributed by atoms with E-state index in [1.807, 2.05) is 0 Å². The van der Waals surface area contributed by atoms with Crippen LogP contribution in [0.2, 0.25) is 10.0 Å². The number of benzene rings is 2. The highest BCUT2D eigenvalue weighted by atomic mass is 35.5. The topological polar surface area (TPSA) is 0 Å². The second-order valence-corrected chi connectivity index (χ2v) is 5.27. The van der Waals surface area contributed by atoms with Crippen LogP contribution in [0.1, 0.15) is 22.1 Å². The first-order chi connectivity index (χ1) is 8.50. The minimum absolute atomic E-state index is 0.288. The van der Waals surface area contributed by atoms with Crippen molar-refractivity contribution in [1.82, 2.24) is 0 Å². The number of hydrogen-bond acceptors (Lipinski definition) is 0. The van der Waals surface area contributed by atoms with Crippen molar-refractivity contribution in [3.63, 3.8) is 0 Å². The molecular formula is C14H10Cl3F. The fraction of sp³-hybridized carbons (Fsp3) is 0.143. The van der Waals surface area contributed by atoms with Crippen LogP contribution in [0.15, 0.2) is 36.4 Å². The summed E-state index contributed by atoms with van der Waals surface area (Å²) in [5.74, 6) is -0.288. The molecule has 0 saturated carbocycles. The molecule has 0 nitrogen and oxygen atoms in total. The van der Waals surface area contributed by atoms with E-state index in [0.717, 1.165) is 5.56 Å². The lowest BCUT2D eigenvalue weighted by molar-refractivity contribution is 0.603. The van der Waals surface area contributed by atoms with E-state index in [2.05, 4.69) is 0 Å². The summed E-state index contributed by atoms with van der Waals surface area (Å²) in [4.78, 5) is 0. The smallest absolute Gasteiger partial charge is 0.131 e. The maximum absolute atomic E-state index is 14.0. The first-order valence-electron chi connectivity index (χ1n) is 5.34. The molecule has 2 rings (SSSR count). The molecule has 18 heavy (non-hydrogen) atoms. The predicted molar refractivity (Wildman–Crippen MR) is 75.3 cm³/mol. The average molecular weight is 304 g/mol. The van der Waals surface area contributed by atoms with Crippen LogP contribution in [0.3, 0.4) is 0 Å². The van der Waals surface area contributed by atoms with Crippen LogP contribution in [-0.4, -0.2) is 0 Å². The molecule has 0 aliphatic heterocycles. The highest BCUT2D eigenvalue weighted by molar-refractivity contribution is 6.42. The van der Waals surface area contributed by atoms with Gasteiger partial charge >= 0.3 is 0 Å². The number of rotatable bonds is 2. The zero-order valence-corrected chi connectivity index (χ0v) is 11.8. The maximum atomic E-state index is 14.0. The lowest BCUT2D eigenvalue weighted by Crippen LogP contribution is -1.98. The molecule has 0 amide bonds. The molecule has 0 spiro atoms. The average Bonchev–Trinajstić information content (AvgIpc) is 2.35. The summed E-state index contributed by atoms with van der Waals surface area (Å²) in [5.41, 5.74) is 1.73. The van der Waals surface area contributed by atoms with Crippen LogP contribution >= 0.6 is 34.8 Å². The highest BCUT2D eigenvalue weighted by Crippen LogP contribution is 2.34. The minimum atomic E-state index is -0.584. The summed E-state index contributed by atoms with van der Waals surface area (Å²) in [6.07, 6.45) is 0. The Balaban J connectivity index is 2.44. The largest absolute Gasteiger partial charge is 0.206 e. The number of aryl methyl sites for hydroxylation is 1. The molecule has 1 unspecified atom stereocenters. The lowest BCUT2D eigenvalue weighted by atomic mass is 10.0. The van der Waals surface area contributed by atoms with Gasteiger partial charge < -0.3 is 0 Å². The van der Waals surface area contributed by atoms with Crippen LogP contribution in [0, 0.1) is 12.7 Å². The molecule has 0 bridgehead atoms. The van der Waals surface area contributed by atoms with Gasteiger partial charge in [-0.15, -0.1) is 11.6 Å². The lowest BCUT2D eigenvalue weighted by Gasteiger charge is -2.13. The summed E-state index contributed by atoms with van der Waals surface area (Å²) in [7, 11) is 0. The van der Waals surface area contributed by atoms with Gasteiger partial charge in [0.1, 0.15) is 5.82 Å². The first kappa shape index (κ1) is 13.7. The Hall–Kier alpha value is -0.760. The van der Waals surface area contributed by atoms with Crippen molar-refractivity contribution in [1.29, 1.82) is 0 Å². The van der Waals surface area contributed by atoms with E-state index < -0.39 is 5.38 Å². The molecule has 4 heteroatoms. The van der Waals surface area contributed by atoms with E-state index in [1.165, 1.54) is 0 Å². The minimum Gasteiger partial charge on any atom is -0.206 e. The van der Waals surface area contributed by atoms with E-state index in [1.54, 1.807) is 43.3 Å². The van der Waals surface area contributed by atoms with Crippen molar-refractivity contribution in [2.75, 3.05) is 0 Å². The molecule has 0 heterocycles. The third kappa shape index (κ3) is 2.64. The molecule has 0 aliphatic rings. The van der Waals surface area contributed by atoms with Crippen LogP contribution in [0.5, 0.6) is 0 Å². The van der Waals surface area contributed by atoms with Crippen molar-refractivity contribution in [2.45, 2.75) is 12.3 Å². The van der Waals surface area contributed by atoms with Crippen molar-refractivity contribution in [3.05, 3.63) is 69.0 Å². The molecule has 0 N–H and O–H groups in total. The van der Waals surface area contributed by atoms with Crippen molar-refractivity contribution in [3.8, 4) is 0 Å². The normalized spacial score (nSPS) is 12.5. The summed E-state index contributed by atoms with van der Waals surface area (Å²) in [5, 5.41) is 0.279. The fourth-order valence-corrected chi connectivity index (χ4v) is 2.33. The maximum Gasteiger partial charge on any atom is 0.131 e. The van der Waals surface area contributed by atoms with Gasteiger partial charge in [-0.1, -0.05) is 47.5 Å². The molecule has 0 aromatic heterocycles. The van der Waals surface area contributed by atoms with Gasteiger partial charge in [0.15, 0.2) is 0 Å². The van der Waals surface area contributed by atoms with Gasteiger partial charge in [0.2, 0.25) is 0 Å². The molecule has 94 valence electrons. The Bertz CT molecular complexity index is 581. The summed E-state index contributed by atoms with van der Waals surface area (Å²) >= 11 is 18.1. The first-order valence-corrected chi connectivity index (χ1v) is 6.54. The zero-order chi connectivity index (χ0) is 13.3. The van der Waals surface area contributed by atoms with Crippen LogP contribution in [0.4, 0.5) is 4.39 Å². The van der Waals surface area contributed by atoms with Gasteiger partial charge in [-0.25, -0.2) is 4.39 Å². The fourth-order valence-electron chi connectivity index (χ4n) is 1.72. The van der Waals surface area contributed by atoms with Gasteiger partial charge in [0, 0.05) is 5.56 Å². The summed E-state index contributed by atoms with van der Waals surface area (Å²) < 4.78 is 14.0. The molecule has 0 radical (unpaired) electrons. The van der Waals surface area contributed by atoms with Crippen molar-refractivity contribution >= 4 is 34.8 Å². The Morgan fingerprint density at radius 1 is 1.06 bits per heavy atom. The second kappa shape index (κ2) is 5.48. The molecule has 2 aromatic carbocycles. The third-order valence-electron chi connectivity index (χ3n) is 2.73. The van der Waals surface area contributed by atoms with Gasteiger partial charge in [-0.2, -0.15) is 0 Å². The highest BCUT2D eigenvalue weighted by Gasteiger charge is 2.17. The predicted octanol–water partition coefficient (Wildman–Crippen LogP) is 5.77. The monoisotopic (exact) mass is 302 g/mol.